The van der Waals surface area contributed by atoms with Crippen LogP contribution >= 0.6 is 11.3 Å². The zero-order valence-electron chi connectivity index (χ0n) is 15.2. The van der Waals surface area contributed by atoms with Crippen molar-refractivity contribution in [2.75, 3.05) is 23.9 Å². The fraction of sp³-hybridized carbons (Fsp3) is 0.474. The Morgan fingerprint density at radius 3 is 2.67 bits per heavy atom. The summed E-state index contributed by atoms with van der Waals surface area (Å²) in [6.45, 7) is 0.366. The van der Waals surface area contributed by atoms with E-state index in [-0.39, 0.29) is 18.2 Å². The van der Waals surface area contributed by atoms with Gasteiger partial charge in [0, 0.05) is 24.6 Å². The summed E-state index contributed by atoms with van der Waals surface area (Å²) in [5, 5.41) is 12.7. The lowest BCUT2D eigenvalue weighted by Gasteiger charge is -2.16. The van der Waals surface area contributed by atoms with Crippen molar-refractivity contribution in [3.63, 3.8) is 0 Å². The first-order valence-corrected chi connectivity index (χ1v) is 10.0. The van der Waals surface area contributed by atoms with Crippen molar-refractivity contribution >= 4 is 34.0 Å². The highest BCUT2D eigenvalue weighted by Gasteiger charge is 2.35. The van der Waals surface area contributed by atoms with Gasteiger partial charge in [0.15, 0.2) is 0 Å². The maximum atomic E-state index is 12.6. The lowest BCUT2D eigenvalue weighted by molar-refractivity contribution is -0.122. The molecule has 142 valence electrons. The summed E-state index contributed by atoms with van der Waals surface area (Å²) in [6, 6.07) is 7.27. The van der Waals surface area contributed by atoms with E-state index in [1.54, 1.807) is 12.0 Å². The van der Waals surface area contributed by atoms with Crippen molar-refractivity contribution < 1.29 is 14.3 Å². The Morgan fingerprint density at radius 1 is 1.22 bits per heavy atom. The van der Waals surface area contributed by atoms with Crippen molar-refractivity contribution in [1.29, 1.82) is 0 Å². The lowest BCUT2D eigenvalue weighted by Crippen LogP contribution is -2.28. The molecule has 1 aliphatic carbocycles. The number of hydrogen-bond donors (Lipinski definition) is 1. The Bertz CT molecular complexity index is 830. The van der Waals surface area contributed by atoms with Gasteiger partial charge in [0.05, 0.1) is 13.0 Å². The molecule has 2 aliphatic rings. The fourth-order valence-electron chi connectivity index (χ4n) is 3.73. The smallest absolute Gasteiger partial charge is 0.231 e. The summed E-state index contributed by atoms with van der Waals surface area (Å²) in [4.78, 5) is 26.6. The highest BCUT2D eigenvalue weighted by Crippen LogP contribution is 2.36. The van der Waals surface area contributed by atoms with Crippen LogP contribution in [0.1, 0.15) is 43.0 Å². The molecular formula is C19H22N4O3S. The van der Waals surface area contributed by atoms with Gasteiger partial charge in [-0.2, -0.15) is 0 Å². The van der Waals surface area contributed by atoms with Crippen molar-refractivity contribution in [1.82, 2.24) is 10.2 Å². The van der Waals surface area contributed by atoms with Gasteiger partial charge < -0.3 is 15.0 Å². The third kappa shape index (κ3) is 3.80. The normalized spacial score (nSPS) is 20.3. The Morgan fingerprint density at radius 2 is 1.96 bits per heavy atom. The number of amides is 2. The second-order valence-corrected chi connectivity index (χ2v) is 8.03. The van der Waals surface area contributed by atoms with E-state index >= 15 is 0 Å². The van der Waals surface area contributed by atoms with Gasteiger partial charge in [-0.1, -0.05) is 24.2 Å². The van der Waals surface area contributed by atoms with Gasteiger partial charge in [-0.3, -0.25) is 9.59 Å². The molecule has 1 aliphatic heterocycles. The largest absolute Gasteiger partial charge is 0.497 e. The van der Waals surface area contributed by atoms with Crippen LogP contribution in [0.2, 0.25) is 0 Å². The third-order valence-electron chi connectivity index (χ3n) is 5.26. The van der Waals surface area contributed by atoms with Crippen molar-refractivity contribution in [2.24, 2.45) is 5.92 Å². The van der Waals surface area contributed by atoms with Crippen molar-refractivity contribution in [2.45, 2.75) is 38.0 Å². The SMILES string of the molecule is COc1ccc(N2C[C@H](C(=O)Nc3nnc(C4CCCC4)s3)CC2=O)cc1. The molecule has 2 aromatic rings. The van der Waals surface area contributed by atoms with Crippen LogP contribution in [-0.4, -0.2) is 35.7 Å². The van der Waals surface area contributed by atoms with Crippen LogP contribution in [0.4, 0.5) is 10.8 Å². The number of aromatic nitrogens is 2. The molecule has 0 bridgehead atoms. The maximum Gasteiger partial charge on any atom is 0.231 e. The van der Waals surface area contributed by atoms with Gasteiger partial charge in [-0.05, 0) is 37.1 Å². The number of rotatable bonds is 5. The van der Waals surface area contributed by atoms with E-state index in [2.05, 4.69) is 15.5 Å². The first kappa shape index (κ1) is 17.9. The summed E-state index contributed by atoms with van der Waals surface area (Å²) in [6.07, 6.45) is 4.97. The highest BCUT2D eigenvalue weighted by molar-refractivity contribution is 7.15. The number of methoxy groups -OCH3 is 1. The number of benzene rings is 1. The quantitative estimate of drug-likeness (QED) is 0.853. The maximum absolute atomic E-state index is 12.6. The zero-order valence-corrected chi connectivity index (χ0v) is 16.0. The highest BCUT2D eigenvalue weighted by atomic mass is 32.1. The van der Waals surface area contributed by atoms with E-state index in [1.807, 2.05) is 24.3 Å². The van der Waals surface area contributed by atoms with E-state index in [0.717, 1.165) is 29.3 Å². The Kier molecular flexibility index (Phi) is 5.07. The van der Waals surface area contributed by atoms with E-state index in [9.17, 15) is 9.59 Å². The molecule has 0 unspecified atom stereocenters. The number of anilines is 2. The van der Waals surface area contributed by atoms with Crippen LogP contribution < -0.4 is 15.0 Å². The fourth-order valence-corrected chi connectivity index (χ4v) is 4.64. The van der Waals surface area contributed by atoms with Gasteiger partial charge in [0.2, 0.25) is 16.9 Å². The molecule has 1 atom stereocenters. The molecule has 0 radical (unpaired) electrons. The summed E-state index contributed by atoms with van der Waals surface area (Å²) < 4.78 is 5.14. The van der Waals surface area contributed by atoms with Crippen LogP contribution in [0.25, 0.3) is 0 Å². The number of nitrogens with zero attached hydrogens (tertiary/aromatic N) is 3. The molecule has 2 heterocycles. The van der Waals surface area contributed by atoms with Crippen LogP contribution in [0.3, 0.4) is 0 Å². The molecule has 1 aromatic carbocycles. The van der Waals surface area contributed by atoms with E-state index in [0.29, 0.717) is 17.6 Å². The molecule has 2 amide bonds. The van der Waals surface area contributed by atoms with Crippen LogP contribution in [0, 0.1) is 5.92 Å². The van der Waals surface area contributed by atoms with Crippen LogP contribution in [0.5, 0.6) is 5.75 Å². The standard InChI is InChI=1S/C19H22N4O3S/c1-26-15-8-6-14(7-9-15)23-11-13(10-16(23)24)17(25)20-19-22-21-18(27-19)12-4-2-3-5-12/h6-9,12-13H,2-5,10-11H2,1H3,(H,20,22,25)/t13-/m1/s1. The zero-order chi connectivity index (χ0) is 18.8. The first-order valence-electron chi connectivity index (χ1n) is 9.22. The molecule has 2 fully saturated rings. The summed E-state index contributed by atoms with van der Waals surface area (Å²) in [7, 11) is 1.60. The monoisotopic (exact) mass is 386 g/mol. The molecule has 7 nitrogen and oxygen atoms in total. The topological polar surface area (TPSA) is 84.4 Å². The van der Waals surface area contributed by atoms with E-state index in [4.69, 9.17) is 4.74 Å². The van der Waals surface area contributed by atoms with E-state index in [1.165, 1.54) is 24.2 Å². The van der Waals surface area contributed by atoms with Gasteiger partial charge in [-0.25, -0.2) is 0 Å². The average Bonchev–Trinajstić information content (AvgIpc) is 3.42. The minimum atomic E-state index is -0.390. The number of ether oxygens (including phenoxy) is 1. The van der Waals surface area contributed by atoms with Gasteiger partial charge in [-0.15, -0.1) is 10.2 Å². The third-order valence-corrected chi connectivity index (χ3v) is 6.26. The number of hydrogen-bond acceptors (Lipinski definition) is 6. The molecule has 4 rings (SSSR count). The molecule has 1 aromatic heterocycles. The second kappa shape index (κ2) is 7.64. The molecule has 1 saturated carbocycles. The lowest BCUT2D eigenvalue weighted by atomic mass is 10.1. The predicted molar refractivity (Wildman–Crippen MR) is 103 cm³/mol. The van der Waals surface area contributed by atoms with Gasteiger partial charge in [0.1, 0.15) is 10.8 Å². The molecule has 27 heavy (non-hydrogen) atoms. The average molecular weight is 386 g/mol. The van der Waals surface area contributed by atoms with Crippen molar-refractivity contribution in [3.05, 3.63) is 29.3 Å². The Labute approximate surface area is 161 Å². The summed E-state index contributed by atoms with van der Waals surface area (Å²) in [5.74, 6) is 0.594. The van der Waals surface area contributed by atoms with Crippen LogP contribution in [0.15, 0.2) is 24.3 Å². The predicted octanol–water partition coefficient (Wildman–Crippen LogP) is 3.20. The number of nitrogens with one attached hydrogen (secondary N) is 1. The van der Waals surface area contributed by atoms with E-state index < -0.39 is 5.92 Å². The molecule has 1 N–H and O–H groups in total. The molecule has 8 heteroatoms. The minimum absolute atomic E-state index is 0.0516. The number of carbonyl (C=O) groups excluding carboxylic acids is 2. The summed E-state index contributed by atoms with van der Waals surface area (Å²) >= 11 is 1.45. The molecule has 0 spiro atoms. The molecule has 1 saturated heterocycles. The van der Waals surface area contributed by atoms with Crippen molar-refractivity contribution in [3.8, 4) is 5.75 Å². The minimum Gasteiger partial charge on any atom is -0.497 e. The first-order chi connectivity index (χ1) is 13.1. The van der Waals surface area contributed by atoms with Crippen LogP contribution in [-0.2, 0) is 9.59 Å². The van der Waals surface area contributed by atoms with Gasteiger partial charge in [0.25, 0.3) is 0 Å². The Balaban J connectivity index is 1.38. The molecular weight excluding hydrogens is 364 g/mol. The van der Waals surface area contributed by atoms with Gasteiger partial charge >= 0.3 is 0 Å². The second-order valence-electron chi connectivity index (χ2n) is 7.02. The number of carbonyl (C=O) groups is 2. The summed E-state index contributed by atoms with van der Waals surface area (Å²) in [5.41, 5.74) is 0.774. The Hall–Kier alpha value is -2.48.